The normalized spacial score (nSPS) is 21.4. The van der Waals surface area contributed by atoms with Gasteiger partial charge >= 0.3 is 0 Å². The van der Waals surface area contributed by atoms with Crippen LogP contribution in [0, 0.1) is 5.82 Å². The highest BCUT2D eigenvalue weighted by atomic mass is 19.1. The largest absolute Gasteiger partial charge is 0.508 e. The van der Waals surface area contributed by atoms with Crippen molar-refractivity contribution >= 4 is 5.91 Å². The molecule has 1 aliphatic rings. The Morgan fingerprint density at radius 1 is 1.56 bits per heavy atom. The Morgan fingerprint density at radius 3 is 3.00 bits per heavy atom. The zero-order valence-electron chi connectivity index (χ0n) is 10.2. The van der Waals surface area contributed by atoms with Gasteiger partial charge < -0.3 is 10.4 Å². The fourth-order valence-electron chi connectivity index (χ4n) is 2.21. The number of carbonyl (C=O) groups excluding carboxylic acids is 1. The van der Waals surface area contributed by atoms with Gasteiger partial charge in [0, 0.05) is 24.2 Å². The molecule has 0 bridgehead atoms. The summed E-state index contributed by atoms with van der Waals surface area (Å²) in [6.45, 7) is 2.56. The molecule has 0 spiro atoms. The summed E-state index contributed by atoms with van der Waals surface area (Å²) in [6, 6.07) is 3.45. The van der Waals surface area contributed by atoms with Crippen molar-refractivity contribution in [2.75, 3.05) is 6.54 Å². The van der Waals surface area contributed by atoms with E-state index in [2.05, 4.69) is 10.6 Å². The van der Waals surface area contributed by atoms with Crippen LogP contribution in [0.5, 0.6) is 5.75 Å². The minimum absolute atomic E-state index is 0.0188. The number of carbonyl (C=O) groups is 1. The quantitative estimate of drug-likeness (QED) is 0.763. The molecule has 1 amide bonds. The van der Waals surface area contributed by atoms with Gasteiger partial charge in [0.05, 0.1) is 6.04 Å². The Labute approximate surface area is 105 Å². The molecule has 2 rings (SSSR count). The molecule has 1 fully saturated rings. The summed E-state index contributed by atoms with van der Waals surface area (Å²) in [4.78, 5) is 11.6. The predicted molar refractivity (Wildman–Crippen MR) is 65.6 cm³/mol. The van der Waals surface area contributed by atoms with Crippen LogP contribution in [-0.4, -0.2) is 23.6 Å². The average Bonchev–Trinajstić information content (AvgIpc) is 2.32. The lowest BCUT2D eigenvalue weighted by atomic mass is 10.0. The Bertz CT molecular complexity index is 451. The third-order valence-electron chi connectivity index (χ3n) is 3.20. The van der Waals surface area contributed by atoms with Crippen molar-refractivity contribution in [2.45, 2.75) is 31.8 Å². The second kappa shape index (κ2) is 5.35. The van der Waals surface area contributed by atoms with Crippen LogP contribution in [0.2, 0.25) is 0 Å². The van der Waals surface area contributed by atoms with Gasteiger partial charge in [-0.25, -0.2) is 4.39 Å². The van der Waals surface area contributed by atoms with Crippen LogP contribution in [0.25, 0.3) is 0 Å². The van der Waals surface area contributed by atoms with Crippen molar-refractivity contribution in [3.05, 3.63) is 29.6 Å². The lowest BCUT2D eigenvalue weighted by molar-refractivity contribution is -0.124. The molecule has 4 nitrogen and oxygen atoms in total. The first kappa shape index (κ1) is 12.8. The van der Waals surface area contributed by atoms with Gasteiger partial charge in [-0.3, -0.25) is 10.1 Å². The molecule has 1 aromatic carbocycles. The van der Waals surface area contributed by atoms with E-state index >= 15 is 0 Å². The zero-order valence-corrected chi connectivity index (χ0v) is 10.2. The van der Waals surface area contributed by atoms with E-state index in [0.29, 0.717) is 12.1 Å². The Morgan fingerprint density at radius 2 is 2.33 bits per heavy atom. The Kier molecular flexibility index (Phi) is 3.81. The van der Waals surface area contributed by atoms with E-state index < -0.39 is 5.82 Å². The number of aromatic hydroxyl groups is 1. The topological polar surface area (TPSA) is 61.4 Å². The molecule has 3 N–H and O–H groups in total. The van der Waals surface area contributed by atoms with Crippen LogP contribution in [0.15, 0.2) is 18.2 Å². The van der Waals surface area contributed by atoms with E-state index in [0.717, 1.165) is 18.9 Å². The van der Waals surface area contributed by atoms with Crippen molar-refractivity contribution in [1.82, 2.24) is 10.6 Å². The van der Waals surface area contributed by atoms with E-state index in [1.807, 2.05) is 6.92 Å². The summed E-state index contributed by atoms with van der Waals surface area (Å²) in [6.07, 6.45) is 1.71. The number of hydrogen-bond acceptors (Lipinski definition) is 3. The van der Waals surface area contributed by atoms with Crippen LogP contribution >= 0.6 is 0 Å². The maximum Gasteiger partial charge on any atom is 0.237 e. The maximum atomic E-state index is 12.9. The highest BCUT2D eigenvalue weighted by Crippen LogP contribution is 2.25. The minimum atomic E-state index is -0.473. The van der Waals surface area contributed by atoms with Gasteiger partial charge in [0.25, 0.3) is 0 Å². The highest BCUT2D eigenvalue weighted by Gasteiger charge is 2.24. The number of amides is 1. The third kappa shape index (κ3) is 2.79. The molecular weight excluding hydrogens is 235 g/mol. The number of phenols is 1. The molecular formula is C13H17FN2O2. The molecule has 1 saturated heterocycles. The molecule has 2 unspecified atom stereocenters. The molecule has 0 radical (unpaired) electrons. The number of halogens is 1. The van der Waals surface area contributed by atoms with E-state index in [1.54, 1.807) is 0 Å². The molecule has 2 atom stereocenters. The second-order valence-corrected chi connectivity index (χ2v) is 4.58. The van der Waals surface area contributed by atoms with Gasteiger partial charge in [-0.05, 0) is 25.8 Å². The predicted octanol–water partition coefficient (Wildman–Crippen LogP) is 1.46. The van der Waals surface area contributed by atoms with Gasteiger partial charge in [-0.2, -0.15) is 0 Å². The molecule has 0 saturated carbocycles. The first-order valence-corrected chi connectivity index (χ1v) is 6.10. The van der Waals surface area contributed by atoms with Crippen LogP contribution in [0.3, 0.4) is 0 Å². The van der Waals surface area contributed by atoms with E-state index in [9.17, 15) is 14.3 Å². The van der Waals surface area contributed by atoms with Crippen molar-refractivity contribution in [3.8, 4) is 5.75 Å². The lowest BCUT2D eigenvalue weighted by Gasteiger charge is -2.26. The molecule has 18 heavy (non-hydrogen) atoms. The van der Waals surface area contributed by atoms with Crippen LogP contribution in [0.1, 0.15) is 31.4 Å². The summed E-state index contributed by atoms with van der Waals surface area (Å²) in [5, 5.41) is 15.6. The molecule has 5 heteroatoms. The van der Waals surface area contributed by atoms with Crippen molar-refractivity contribution in [2.24, 2.45) is 0 Å². The fourth-order valence-corrected chi connectivity index (χ4v) is 2.21. The van der Waals surface area contributed by atoms with Crippen LogP contribution in [-0.2, 0) is 4.79 Å². The lowest BCUT2D eigenvalue weighted by Crippen LogP contribution is -2.48. The Hall–Kier alpha value is -1.62. The van der Waals surface area contributed by atoms with Crippen molar-refractivity contribution < 1.29 is 14.3 Å². The SMILES string of the molecule is CC(NC1CCCNC1=O)c1ccc(F)cc1O. The van der Waals surface area contributed by atoms with E-state index in [-0.39, 0.29) is 23.7 Å². The van der Waals surface area contributed by atoms with Crippen molar-refractivity contribution in [3.63, 3.8) is 0 Å². The number of benzene rings is 1. The molecule has 1 aromatic rings. The molecule has 1 heterocycles. The second-order valence-electron chi connectivity index (χ2n) is 4.58. The summed E-state index contributed by atoms with van der Waals surface area (Å²) in [7, 11) is 0. The van der Waals surface area contributed by atoms with Gasteiger partial charge in [0.2, 0.25) is 5.91 Å². The van der Waals surface area contributed by atoms with E-state index in [4.69, 9.17) is 0 Å². The first-order valence-electron chi connectivity index (χ1n) is 6.10. The summed E-state index contributed by atoms with van der Waals surface area (Å²) in [5.74, 6) is -0.584. The van der Waals surface area contributed by atoms with Gasteiger partial charge in [0.1, 0.15) is 11.6 Å². The number of hydrogen-bond donors (Lipinski definition) is 3. The monoisotopic (exact) mass is 252 g/mol. The molecule has 0 aromatic heterocycles. The molecule has 0 aliphatic carbocycles. The zero-order chi connectivity index (χ0) is 13.1. The maximum absolute atomic E-state index is 12.9. The number of rotatable bonds is 3. The van der Waals surface area contributed by atoms with Gasteiger partial charge in [-0.1, -0.05) is 6.07 Å². The summed E-state index contributed by atoms with van der Waals surface area (Å²) in [5.41, 5.74) is 0.592. The molecule has 98 valence electrons. The number of phenolic OH excluding ortho intramolecular Hbond substituents is 1. The number of nitrogens with one attached hydrogen (secondary N) is 2. The average molecular weight is 252 g/mol. The fraction of sp³-hybridized carbons (Fsp3) is 0.462. The Balaban J connectivity index is 2.06. The molecule has 1 aliphatic heterocycles. The highest BCUT2D eigenvalue weighted by molar-refractivity contribution is 5.82. The first-order chi connectivity index (χ1) is 8.58. The van der Waals surface area contributed by atoms with Crippen molar-refractivity contribution in [1.29, 1.82) is 0 Å². The number of piperidine rings is 1. The van der Waals surface area contributed by atoms with Gasteiger partial charge in [-0.15, -0.1) is 0 Å². The minimum Gasteiger partial charge on any atom is -0.508 e. The third-order valence-corrected chi connectivity index (χ3v) is 3.20. The van der Waals surface area contributed by atoms with Crippen LogP contribution < -0.4 is 10.6 Å². The summed E-state index contributed by atoms with van der Waals surface area (Å²) >= 11 is 0. The standard InChI is InChI=1S/C13H17FN2O2/c1-8(10-5-4-9(14)7-12(10)17)16-11-3-2-6-15-13(11)18/h4-5,7-8,11,16-17H,2-3,6H2,1H3,(H,15,18). The smallest absolute Gasteiger partial charge is 0.237 e. The van der Waals surface area contributed by atoms with Crippen LogP contribution in [0.4, 0.5) is 4.39 Å². The summed E-state index contributed by atoms with van der Waals surface area (Å²) < 4.78 is 12.9. The van der Waals surface area contributed by atoms with Gasteiger partial charge in [0.15, 0.2) is 0 Å². The van der Waals surface area contributed by atoms with E-state index in [1.165, 1.54) is 12.1 Å².